The van der Waals surface area contributed by atoms with Crippen molar-refractivity contribution in [2.24, 2.45) is 10.9 Å². The topological polar surface area (TPSA) is 71.0 Å². The quantitative estimate of drug-likeness (QED) is 0.453. The van der Waals surface area contributed by atoms with E-state index >= 15 is 0 Å². The fourth-order valence-corrected chi connectivity index (χ4v) is 4.70. The van der Waals surface area contributed by atoms with Crippen molar-refractivity contribution in [1.29, 1.82) is 0 Å². The molecule has 0 bridgehead atoms. The molecule has 1 aromatic carbocycles. The zero-order valence-corrected chi connectivity index (χ0v) is 20.2. The minimum Gasteiger partial charge on any atom is -0.458 e. The first-order chi connectivity index (χ1) is 15.2. The van der Waals surface area contributed by atoms with Crippen LogP contribution in [0.25, 0.3) is 0 Å². The van der Waals surface area contributed by atoms with E-state index in [9.17, 15) is 9.59 Å². The van der Waals surface area contributed by atoms with Gasteiger partial charge in [0.05, 0.1) is 23.7 Å². The number of hydrogen-bond donors (Lipinski definition) is 1. The third-order valence-corrected chi connectivity index (χ3v) is 6.22. The number of fused-ring (bicyclic) bond motifs is 1. The molecule has 1 unspecified atom stereocenters. The third kappa shape index (κ3) is 5.15. The Morgan fingerprint density at radius 2 is 2.06 bits per heavy atom. The minimum atomic E-state index is -0.420. The highest BCUT2D eigenvalue weighted by Crippen LogP contribution is 2.45. The van der Waals surface area contributed by atoms with Crippen molar-refractivity contribution in [1.82, 2.24) is 10.2 Å². The van der Waals surface area contributed by atoms with Crippen molar-refractivity contribution >= 4 is 28.8 Å². The Bertz CT molecular complexity index is 1020. The summed E-state index contributed by atoms with van der Waals surface area (Å²) in [5, 5.41) is 5.70. The number of carbonyl (C=O) groups is 2. The van der Waals surface area contributed by atoms with E-state index in [1.807, 2.05) is 31.1 Å². The van der Waals surface area contributed by atoms with E-state index < -0.39 is 12.0 Å². The molecule has 6 nitrogen and oxygen atoms in total. The van der Waals surface area contributed by atoms with Crippen LogP contribution in [0.2, 0.25) is 0 Å². The number of amides is 1. The first kappa shape index (κ1) is 23.9. The van der Waals surface area contributed by atoms with Crippen LogP contribution in [0.3, 0.4) is 0 Å². The van der Waals surface area contributed by atoms with E-state index in [2.05, 4.69) is 48.9 Å². The molecule has 1 atom stereocenters. The van der Waals surface area contributed by atoms with Gasteiger partial charge in [0.1, 0.15) is 6.61 Å². The Morgan fingerprint density at radius 1 is 1.31 bits per heavy atom. The zero-order chi connectivity index (χ0) is 23.4. The molecule has 2 heterocycles. The first-order valence-corrected chi connectivity index (χ1v) is 11.7. The predicted octanol–water partition coefficient (Wildman–Crippen LogP) is 4.77. The Hall–Kier alpha value is -2.80. The van der Waals surface area contributed by atoms with Crippen molar-refractivity contribution in [3.63, 3.8) is 0 Å². The van der Waals surface area contributed by atoms with E-state index in [-0.39, 0.29) is 18.9 Å². The van der Waals surface area contributed by atoms with E-state index in [1.165, 1.54) is 11.8 Å². The molecule has 0 saturated heterocycles. The Kier molecular flexibility index (Phi) is 7.61. The summed E-state index contributed by atoms with van der Waals surface area (Å²) < 4.78 is 5.44. The van der Waals surface area contributed by atoms with Gasteiger partial charge in [-0.1, -0.05) is 62.0 Å². The molecule has 0 fully saturated rings. The SMILES string of the molecule is C=CCOC(=O)C1=C(C)N=C2SC=C(CC(=O)NCC(C)C)N2C1c1cc(C)ccc1C. The lowest BCUT2D eigenvalue weighted by molar-refractivity contribution is -0.138. The number of carbonyl (C=O) groups excluding carboxylic acids is 2. The second-order valence-electron chi connectivity index (χ2n) is 8.51. The largest absolute Gasteiger partial charge is 0.458 e. The van der Waals surface area contributed by atoms with Crippen LogP contribution in [0.15, 0.2) is 58.2 Å². The first-order valence-electron chi connectivity index (χ1n) is 10.8. The molecule has 2 aliphatic heterocycles. The number of aryl methyl sites for hydroxylation is 2. The summed E-state index contributed by atoms with van der Waals surface area (Å²) in [7, 11) is 0. The van der Waals surface area contributed by atoms with Gasteiger partial charge in [-0.05, 0) is 43.2 Å². The van der Waals surface area contributed by atoms with Crippen LogP contribution in [0, 0.1) is 19.8 Å². The Labute approximate surface area is 194 Å². The molecule has 2 aliphatic rings. The van der Waals surface area contributed by atoms with Crippen LogP contribution in [0.5, 0.6) is 0 Å². The summed E-state index contributed by atoms with van der Waals surface area (Å²) in [6.07, 6.45) is 1.77. The van der Waals surface area contributed by atoms with Crippen LogP contribution >= 0.6 is 11.8 Å². The van der Waals surface area contributed by atoms with Crippen LogP contribution < -0.4 is 5.32 Å². The van der Waals surface area contributed by atoms with Gasteiger partial charge in [-0.2, -0.15) is 0 Å². The molecule has 1 N–H and O–H groups in total. The number of rotatable bonds is 8. The van der Waals surface area contributed by atoms with Gasteiger partial charge in [0, 0.05) is 12.2 Å². The normalized spacial score (nSPS) is 17.7. The van der Waals surface area contributed by atoms with Gasteiger partial charge in [-0.15, -0.1) is 0 Å². The molecular formula is C25H31N3O3S. The molecule has 7 heteroatoms. The molecule has 1 amide bonds. The minimum absolute atomic E-state index is 0.0476. The van der Waals surface area contributed by atoms with E-state index in [0.717, 1.165) is 27.6 Å². The van der Waals surface area contributed by atoms with Gasteiger partial charge in [-0.25, -0.2) is 9.79 Å². The number of nitrogens with one attached hydrogen (secondary N) is 1. The standard InChI is InChI=1S/C25H31N3O3S/c1-7-10-31-24(30)22-18(6)27-25-28(23(22)20-11-16(4)8-9-17(20)5)19(14-32-25)12-21(29)26-13-15(2)3/h7-9,11,14-15,23H,1,10,12-13H2,2-6H3,(H,26,29). The predicted molar refractivity (Wildman–Crippen MR) is 130 cm³/mol. The van der Waals surface area contributed by atoms with E-state index in [4.69, 9.17) is 4.74 Å². The molecule has 32 heavy (non-hydrogen) atoms. The Morgan fingerprint density at radius 3 is 2.75 bits per heavy atom. The molecule has 0 aliphatic carbocycles. The monoisotopic (exact) mass is 453 g/mol. The highest BCUT2D eigenvalue weighted by molar-refractivity contribution is 8.16. The molecule has 3 rings (SSSR count). The summed E-state index contributed by atoms with van der Waals surface area (Å²) >= 11 is 1.48. The van der Waals surface area contributed by atoms with Crippen molar-refractivity contribution in [2.45, 2.75) is 47.1 Å². The highest BCUT2D eigenvalue weighted by atomic mass is 32.2. The molecule has 170 valence electrons. The van der Waals surface area contributed by atoms with Crippen LogP contribution in [0.4, 0.5) is 0 Å². The second kappa shape index (κ2) is 10.2. The molecule has 0 saturated carbocycles. The van der Waals surface area contributed by atoms with Gasteiger partial charge in [0.25, 0.3) is 0 Å². The maximum atomic E-state index is 13.1. The van der Waals surface area contributed by atoms with Gasteiger partial charge in [-0.3, -0.25) is 4.79 Å². The number of benzene rings is 1. The lowest BCUT2D eigenvalue weighted by atomic mass is 9.90. The fraction of sp³-hybridized carbons (Fsp3) is 0.400. The molecule has 0 aromatic heterocycles. The van der Waals surface area contributed by atoms with Crippen LogP contribution in [-0.4, -0.2) is 35.1 Å². The number of thioether (sulfide) groups is 1. The average molecular weight is 454 g/mol. The number of esters is 1. The zero-order valence-electron chi connectivity index (χ0n) is 19.4. The van der Waals surface area contributed by atoms with Crippen molar-refractivity contribution in [3.05, 3.63) is 69.9 Å². The van der Waals surface area contributed by atoms with Crippen LogP contribution in [-0.2, 0) is 14.3 Å². The highest BCUT2D eigenvalue weighted by Gasteiger charge is 2.41. The number of aliphatic imine (C=N–C) groups is 1. The summed E-state index contributed by atoms with van der Waals surface area (Å²) in [5.74, 6) is -0.0947. The van der Waals surface area contributed by atoms with Crippen LogP contribution in [0.1, 0.15) is 49.9 Å². The lowest BCUT2D eigenvalue weighted by Crippen LogP contribution is -2.38. The van der Waals surface area contributed by atoms with Crippen molar-refractivity contribution in [3.8, 4) is 0 Å². The molecular weight excluding hydrogens is 422 g/mol. The van der Waals surface area contributed by atoms with E-state index in [1.54, 1.807) is 6.08 Å². The average Bonchev–Trinajstić information content (AvgIpc) is 3.13. The Balaban J connectivity index is 2.03. The molecule has 0 spiro atoms. The molecule has 0 radical (unpaired) electrons. The second-order valence-corrected chi connectivity index (χ2v) is 9.35. The lowest BCUT2D eigenvalue weighted by Gasteiger charge is -2.37. The van der Waals surface area contributed by atoms with Gasteiger partial charge < -0.3 is 15.0 Å². The molecule has 1 aromatic rings. The van der Waals surface area contributed by atoms with Gasteiger partial charge >= 0.3 is 5.97 Å². The number of allylic oxidation sites excluding steroid dienone is 1. The third-order valence-electron chi connectivity index (χ3n) is 5.33. The van der Waals surface area contributed by atoms with Crippen molar-refractivity contribution < 1.29 is 14.3 Å². The maximum Gasteiger partial charge on any atom is 0.338 e. The number of hydrogen-bond acceptors (Lipinski definition) is 6. The van der Waals surface area contributed by atoms with Gasteiger partial charge in [0.2, 0.25) is 5.91 Å². The fourth-order valence-electron chi connectivity index (χ4n) is 3.74. The number of nitrogens with zero attached hydrogens (tertiary/aromatic N) is 2. The summed E-state index contributed by atoms with van der Waals surface area (Å²) in [6, 6.07) is 5.78. The number of ether oxygens (including phenoxy) is 1. The number of amidine groups is 1. The summed E-state index contributed by atoms with van der Waals surface area (Å²) in [4.78, 5) is 32.4. The maximum absolute atomic E-state index is 13.1. The van der Waals surface area contributed by atoms with E-state index in [0.29, 0.717) is 23.7 Å². The summed E-state index contributed by atoms with van der Waals surface area (Å²) in [5.41, 5.74) is 5.09. The van der Waals surface area contributed by atoms with Crippen molar-refractivity contribution in [2.75, 3.05) is 13.2 Å². The summed E-state index contributed by atoms with van der Waals surface area (Å²) in [6.45, 7) is 14.4. The smallest absolute Gasteiger partial charge is 0.338 e. The van der Waals surface area contributed by atoms with Gasteiger partial charge in [0.15, 0.2) is 5.17 Å².